The third kappa shape index (κ3) is 2.43. The van der Waals surface area contributed by atoms with Gasteiger partial charge >= 0.3 is 0 Å². The summed E-state index contributed by atoms with van der Waals surface area (Å²) in [5.41, 5.74) is 2.50. The molecule has 0 unspecified atom stereocenters. The number of para-hydroxylation sites is 1. The molecule has 0 fully saturated rings. The average molecular weight is 260 g/mol. The van der Waals surface area contributed by atoms with E-state index in [9.17, 15) is 0 Å². The van der Waals surface area contributed by atoms with Crippen LogP contribution in [-0.4, -0.2) is 9.97 Å². The molecule has 0 saturated heterocycles. The highest BCUT2D eigenvalue weighted by Gasteiger charge is 2.02. The van der Waals surface area contributed by atoms with Gasteiger partial charge in [0.15, 0.2) is 0 Å². The lowest BCUT2D eigenvalue weighted by Crippen LogP contribution is -2.03. The van der Waals surface area contributed by atoms with Gasteiger partial charge in [-0.3, -0.25) is 4.98 Å². The molecule has 1 aromatic carbocycles. The van der Waals surface area contributed by atoms with Crippen LogP contribution >= 0.6 is 0 Å². The lowest BCUT2D eigenvalue weighted by Gasteiger charge is -2.08. The van der Waals surface area contributed by atoms with Gasteiger partial charge in [0.2, 0.25) is 0 Å². The number of hydrogen-bond acceptors (Lipinski definition) is 4. The molecule has 0 bridgehead atoms. The quantitative estimate of drug-likeness (QED) is 0.786. The molecule has 3 rings (SSSR count). The van der Waals surface area contributed by atoms with Gasteiger partial charge in [-0.25, -0.2) is 4.98 Å². The van der Waals surface area contributed by atoms with Crippen molar-refractivity contribution < 1.29 is 0 Å². The number of rotatable bonds is 3. The molecule has 4 heteroatoms. The van der Waals surface area contributed by atoms with Crippen molar-refractivity contribution in [3.05, 3.63) is 66.0 Å². The number of fused-ring (bicyclic) bond motifs is 1. The average Bonchev–Trinajstić information content (AvgIpc) is 2.53. The molecule has 1 N–H and O–H groups in total. The first-order valence-electron chi connectivity index (χ1n) is 6.30. The maximum absolute atomic E-state index is 8.84. The van der Waals surface area contributed by atoms with Crippen LogP contribution in [-0.2, 0) is 6.54 Å². The SMILES string of the molecule is N#Cc1cccc(NCc2cccc3cccnc23)n1. The molecule has 2 aromatic heterocycles. The van der Waals surface area contributed by atoms with E-state index in [4.69, 9.17) is 5.26 Å². The Morgan fingerprint density at radius 2 is 1.90 bits per heavy atom. The highest BCUT2D eigenvalue weighted by molar-refractivity contribution is 5.81. The second-order valence-electron chi connectivity index (χ2n) is 4.37. The van der Waals surface area contributed by atoms with E-state index in [-0.39, 0.29) is 0 Å². The normalized spacial score (nSPS) is 10.2. The Kier molecular flexibility index (Phi) is 3.25. The van der Waals surface area contributed by atoms with Gasteiger partial charge in [0.05, 0.1) is 5.52 Å². The maximum Gasteiger partial charge on any atom is 0.142 e. The molecule has 0 spiro atoms. The lowest BCUT2D eigenvalue weighted by molar-refractivity contribution is 1.11. The molecule has 3 aromatic rings. The van der Waals surface area contributed by atoms with E-state index in [1.54, 1.807) is 12.3 Å². The number of aromatic nitrogens is 2. The standard InChI is InChI=1S/C16H12N4/c17-10-14-7-2-8-15(20-14)19-11-13-5-1-4-12-6-3-9-18-16(12)13/h1-9H,11H2,(H,19,20). The van der Waals surface area contributed by atoms with E-state index in [0.29, 0.717) is 18.1 Å². The molecule has 0 aliphatic heterocycles. The fourth-order valence-corrected chi connectivity index (χ4v) is 2.09. The Bertz CT molecular complexity index is 784. The van der Waals surface area contributed by atoms with Crippen LogP contribution in [0.15, 0.2) is 54.7 Å². The van der Waals surface area contributed by atoms with Crippen molar-refractivity contribution in [2.24, 2.45) is 0 Å². The van der Waals surface area contributed by atoms with Gasteiger partial charge in [-0.1, -0.05) is 30.3 Å². The zero-order valence-corrected chi connectivity index (χ0v) is 10.7. The van der Waals surface area contributed by atoms with Gasteiger partial charge in [0.25, 0.3) is 0 Å². The van der Waals surface area contributed by atoms with E-state index in [0.717, 1.165) is 16.5 Å². The van der Waals surface area contributed by atoms with Crippen molar-refractivity contribution in [1.29, 1.82) is 5.26 Å². The summed E-state index contributed by atoms with van der Waals surface area (Å²) in [6.07, 6.45) is 1.79. The largest absolute Gasteiger partial charge is 0.366 e. The molecule has 96 valence electrons. The van der Waals surface area contributed by atoms with Gasteiger partial charge in [0, 0.05) is 18.1 Å². The molecule has 0 aliphatic rings. The van der Waals surface area contributed by atoms with Crippen LogP contribution in [0.3, 0.4) is 0 Å². The van der Waals surface area contributed by atoms with Crippen molar-refractivity contribution in [1.82, 2.24) is 9.97 Å². The van der Waals surface area contributed by atoms with Crippen molar-refractivity contribution >= 4 is 16.7 Å². The molecule has 0 aliphatic carbocycles. The number of anilines is 1. The molecule has 0 saturated carbocycles. The van der Waals surface area contributed by atoms with Crippen molar-refractivity contribution in [3.8, 4) is 6.07 Å². The van der Waals surface area contributed by atoms with Crippen molar-refractivity contribution in [2.45, 2.75) is 6.54 Å². The summed E-state index contributed by atoms with van der Waals surface area (Å²) in [4.78, 5) is 8.61. The third-order valence-electron chi connectivity index (χ3n) is 3.04. The first-order chi connectivity index (χ1) is 9.86. The minimum atomic E-state index is 0.408. The van der Waals surface area contributed by atoms with Gasteiger partial charge in [-0.2, -0.15) is 5.26 Å². The third-order valence-corrected chi connectivity index (χ3v) is 3.04. The molecule has 0 radical (unpaired) electrons. The topological polar surface area (TPSA) is 61.6 Å². The lowest BCUT2D eigenvalue weighted by atomic mass is 10.1. The Labute approximate surface area is 116 Å². The number of nitrogens with zero attached hydrogens (tertiary/aromatic N) is 3. The summed E-state index contributed by atoms with van der Waals surface area (Å²) in [5.74, 6) is 0.692. The highest BCUT2D eigenvalue weighted by atomic mass is 15.0. The second-order valence-corrected chi connectivity index (χ2v) is 4.37. The number of benzene rings is 1. The number of nitrogens with one attached hydrogen (secondary N) is 1. The molecule has 0 atom stereocenters. The van der Waals surface area contributed by atoms with Crippen LogP contribution < -0.4 is 5.32 Å². The van der Waals surface area contributed by atoms with Gasteiger partial charge in [0.1, 0.15) is 17.6 Å². The molecular weight excluding hydrogens is 248 g/mol. The zero-order chi connectivity index (χ0) is 13.8. The molecule has 20 heavy (non-hydrogen) atoms. The smallest absolute Gasteiger partial charge is 0.142 e. The summed E-state index contributed by atoms with van der Waals surface area (Å²) < 4.78 is 0. The first-order valence-corrected chi connectivity index (χ1v) is 6.30. The van der Waals surface area contributed by atoms with Crippen LogP contribution in [0.4, 0.5) is 5.82 Å². The van der Waals surface area contributed by atoms with E-state index < -0.39 is 0 Å². The predicted octanol–water partition coefficient (Wildman–Crippen LogP) is 3.11. The second kappa shape index (κ2) is 5.37. The monoisotopic (exact) mass is 260 g/mol. The van der Waals surface area contributed by atoms with Crippen LogP contribution in [0.1, 0.15) is 11.3 Å². The van der Waals surface area contributed by atoms with Crippen LogP contribution in [0, 0.1) is 11.3 Å². The molecule has 0 amide bonds. The fourth-order valence-electron chi connectivity index (χ4n) is 2.09. The summed E-state index contributed by atoms with van der Waals surface area (Å²) in [6, 6.07) is 17.4. The number of hydrogen-bond donors (Lipinski definition) is 1. The molecule has 2 heterocycles. The van der Waals surface area contributed by atoms with Gasteiger partial charge in [-0.15, -0.1) is 0 Å². The summed E-state index contributed by atoms with van der Waals surface area (Å²) in [7, 11) is 0. The Balaban J connectivity index is 1.85. The Morgan fingerprint density at radius 1 is 1.05 bits per heavy atom. The highest BCUT2D eigenvalue weighted by Crippen LogP contribution is 2.17. The minimum Gasteiger partial charge on any atom is -0.366 e. The number of pyridine rings is 2. The van der Waals surface area contributed by atoms with Crippen molar-refractivity contribution in [2.75, 3.05) is 5.32 Å². The summed E-state index contributed by atoms with van der Waals surface area (Å²) in [6.45, 7) is 0.621. The number of nitriles is 1. The van der Waals surface area contributed by atoms with Crippen LogP contribution in [0.2, 0.25) is 0 Å². The minimum absolute atomic E-state index is 0.408. The van der Waals surface area contributed by atoms with Crippen LogP contribution in [0.25, 0.3) is 10.9 Å². The summed E-state index contributed by atoms with van der Waals surface area (Å²) >= 11 is 0. The first kappa shape index (κ1) is 12.1. The van der Waals surface area contributed by atoms with E-state index in [1.807, 2.05) is 48.5 Å². The van der Waals surface area contributed by atoms with Gasteiger partial charge < -0.3 is 5.32 Å². The predicted molar refractivity (Wildman–Crippen MR) is 78.0 cm³/mol. The van der Waals surface area contributed by atoms with E-state index >= 15 is 0 Å². The van der Waals surface area contributed by atoms with Crippen LogP contribution in [0.5, 0.6) is 0 Å². The van der Waals surface area contributed by atoms with Crippen molar-refractivity contribution in [3.63, 3.8) is 0 Å². The zero-order valence-electron chi connectivity index (χ0n) is 10.7. The molecule has 4 nitrogen and oxygen atoms in total. The van der Waals surface area contributed by atoms with E-state index in [2.05, 4.69) is 15.3 Å². The van der Waals surface area contributed by atoms with Gasteiger partial charge in [-0.05, 0) is 23.8 Å². The maximum atomic E-state index is 8.84. The Hall–Kier alpha value is -2.93. The fraction of sp³-hybridized carbons (Fsp3) is 0.0625. The Morgan fingerprint density at radius 3 is 2.80 bits per heavy atom. The molecular formula is C16H12N4. The van der Waals surface area contributed by atoms with E-state index in [1.165, 1.54) is 0 Å². The summed E-state index contributed by atoms with van der Waals surface area (Å²) in [5, 5.41) is 13.2.